The van der Waals surface area contributed by atoms with Crippen molar-refractivity contribution in [1.82, 2.24) is 0 Å². The van der Waals surface area contributed by atoms with Gasteiger partial charge >= 0.3 is 0 Å². The molecule has 0 fully saturated rings. The van der Waals surface area contributed by atoms with E-state index in [1.54, 1.807) is 0 Å². The molecule has 157 valence electrons. The lowest BCUT2D eigenvalue weighted by atomic mass is 10.0. The van der Waals surface area contributed by atoms with Gasteiger partial charge in [0.15, 0.2) is 0 Å². The van der Waals surface area contributed by atoms with Crippen LogP contribution in [0.1, 0.15) is 149 Å². The fourth-order valence-electron chi connectivity index (χ4n) is 3.68. The van der Waals surface area contributed by atoms with Crippen LogP contribution in [0.25, 0.3) is 0 Å². The second-order valence-corrected chi connectivity index (χ2v) is 8.13. The molecule has 0 aliphatic rings. The van der Waals surface area contributed by atoms with Gasteiger partial charge in [-0.25, -0.2) is 0 Å². The summed E-state index contributed by atoms with van der Waals surface area (Å²) in [6, 6.07) is 0. The van der Waals surface area contributed by atoms with Crippen LogP contribution in [0.3, 0.4) is 0 Å². The van der Waals surface area contributed by atoms with Crippen molar-refractivity contribution < 1.29 is 4.74 Å². The van der Waals surface area contributed by atoms with E-state index in [2.05, 4.69) is 6.92 Å². The number of ether oxygens (including phenoxy) is 1. The molecule has 0 aliphatic heterocycles. The molecule has 0 N–H and O–H groups in total. The molecular weight excluding hydrogens is 316 g/mol. The summed E-state index contributed by atoms with van der Waals surface area (Å²) >= 11 is 0. The van der Waals surface area contributed by atoms with E-state index in [9.17, 15) is 0 Å². The molecule has 0 aromatic rings. The summed E-state index contributed by atoms with van der Waals surface area (Å²) in [6.07, 6.45) is 30.1. The summed E-state index contributed by atoms with van der Waals surface area (Å²) in [6.45, 7) is 7.15. The molecule has 1 nitrogen and oxygen atoms in total. The fourth-order valence-corrected chi connectivity index (χ4v) is 3.68. The van der Waals surface area contributed by atoms with E-state index in [1.807, 2.05) is 13.5 Å². The van der Waals surface area contributed by atoms with Gasteiger partial charge in [0.2, 0.25) is 0 Å². The molecule has 0 aromatic carbocycles. The Morgan fingerprint density at radius 3 is 1.04 bits per heavy atom. The third kappa shape index (κ3) is 24.0. The summed E-state index contributed by atoms with van der Waals surface area (Å²) in [5.41, 5.74) is 0. The number of hydrogen-bond donors (Lipinski definition) is 0. The summed E-state index contributed by atoms with van der Waals surface area (Å²) in [5.74, 6) is 0. The minimum absolute atomic E-state index is 0.819. The quantitative estimate of drug-likeness (QED) is 0.163. The Balaban J connectivity index is 2.95. The largest absolute Gasteiger partial charge is 0.376 e. The molecule has 0 saturated heterocycles. The zero-order valence-corrected chi connectivity index (χ0v) is 18.5. The zero-order chi connectivity index (χ0) is 19.0. The van der Waals surface area contributed by atoms with Gasteiger partial charge in [0.1, 0.15) is 0 Å². The Kier molecular flexibility index (Phi) is 24.9. The molecule has 0 spiro atoms. The van der Waals surface area contributed by atoms with Crippen molar-refractivity contribution in [2.24, 2.45) is 0 Å². The van der Waals surface area contributed by atoms with Gasteiger partial charge in [-0.2, -0.15) is 0 Å². The van der Waals surface area contributed by atoms with Gasteiger partial charge in [0, 0.05) is 6.61 Å². The van der Waals surface area contributed by atoms with Crippen molar-refractivity contribution >= 4 is 0 Å². The second-order valence-electron chi connectivity index (χ2n) is 8.13. The first-order valence-corrected chi connectivity index (χ1v) is 12.3. The highest BCUT2D eigenvalue weighted by Crippen LogP contribution is 2.15. The van der Waals surface area contributed by atoms with Crippen LogP contribution in [0.2, 0.25) is 0 Å². The van der Waals surface area contributed by atoms with Crippen LogP contribution < -0.4 is 0 Å². The average Bonchev–Trinajstić information content (AvgIpc) is 2.66. The maximum Gasteiger partial charge on any atom is 0.0836 e. The molecule has 0 amide bonds. The lowest BCUT2D eigenvalue weighted by Crippen LogP contribution is -1.87. The maximum atomic E-state index is 5.25. The summed E-state index contributed by atoms with van der Waals surface area (Å²) < 4.78 is 5.25. The third-order valence-electron chi connectivity index (χ3n) is 5.46. The summed E-state index contributed by atoms with van der Waals surface area (Å²) in [4.78, 5) is 0. The molecule has 26 heavy (non-hydrogen) atoms. The Morgan fingerprint density at radius 2 is 0.731 bits per heavy atom. The predicted octanol–water partition coefficient (Wildman–Crippen LogP) is 9.40. The highest BCUT2D eigenvalue weighted by Gasteiger charge is 1.95. The van der Waals surface area contributed by atoms with Crippen LogP contribution >= 0.6 is 0 Å². The van der Waals surface area contributed by atoms with Crippen molar-refractivity contribution in [2.75, 3.05) is 6.61 Å². The van der Waals surface area contributed by atoms with Gasteiger partial charge in [-0.3, -0.25) is 0 Å². The van der Waals surface area contributed by atoms with Gasteiger partial charge in [0.05, 0.1) is 6.61 Å². The van der Waals surface area contributed by atoms with E-state index in [0.717, 1.165) is 13.0 Å². The summed E-state index contributed by atoms with van der Waals surface area (Å²) in [7, 11) is 0. The van der Waals surface area contributed by atoms with Crippen LogP contribution in [0, 0.1) is 6.61 Å². The lowest BCUT2D eigenvalue weighted by Gasteiger charge is -2.04. The van der Waals surface area contributed by atoms with E-state index in [1.165, 1.54) is 128 Å². The van der Waals surface area contributed by atoms with Gasteiger partial charge in [-0.05, 0) is 13.3 Å². The van der Waals surface area contributed by atoms with Crippen LogP contribution in [0.15, 0.2) is 0 Å². The first kappa shape index (κ1) is 26.0. The maximum absolute atomic E-state index is 5.25. The fraction of sp³-hybridized carbons (Fsp3) is 0.960. The van der Waals surface area contributed by atoms with Crippen LogP contribution in [-0.2, 0) is 4.74 Å². The van der Waals surface area contributed by atoms with Crippen LogP contribution in [-0.4, -0.2) is 6.61 Å². The van der Waals surface area contributed by atoms with Crippen molar-refractivity contribution in [3.63, 3.8) is 0 Å². The predicted molar refractivity (Wildman–Crippen MR) is 119 cm³/mol. The first-order valence-electron chi connectivity index (χ1n) is 12.3. The Morgan fingerprint density at radius 1 is 0.423 bits per heavy atom. The third-order valence-corrected chi connectivity index (χ3v) is 5.46. The molecule has 0 aromatic heterocycles. The number of unbranched alkanes of at least 4 members (excludes halogenated alkanes) is 20. The van der Waals surface area contributed by atoms with E-state index in [0.29, 0.717) is 0 Å². The van der Waals surface area contributed by atoms with E-state index in [-0.39, 0.29) is 0 Å². The van der Waals surface area contributed by atoms with Crippen LogP contribution in [0.5, 0.6) is 0 Å². The first-order chi connectivity index (χ1) is 12.9. The Hall–Kier alpha value is -0.0400. The van der Waals surface area contributed by atoms with Crippen molar-refractivity contribution in [3.05, 3.63) is 6.61 Å². The normalized spacial score (nSPS) is 11.3. The highest BCUT2D eigenvalue weighted by atomic mass is 16.5. The molecule has 0 atom stereocenters. The van der Waals surface area contributed by atoms with E-state index < -0.39 is 0 Å². The monoisotopic (exact) mass is 367 g/mol. The molecule has 0 bridgehead atoms. The SMILES string of the molecule is CCCCCCCCCCCCCCCCCCCCCC[CH]OCC. The topological polar surface area (TPSA) is 9.23 Å². The van der Waals surface area contributed by atoms with Gasteiger partial charge < -0.3 is 4.74 Å². The summed E-state index contributed by atoms with van der Waals surface area (Å²) in [5, 5.41) is 0. The zero-order valence-electron chi connectivity index (χ0n) is 18.5. The molecule has 0 rings (SSSR count). The van der Waals surface area contributed by atoms with Crippen molar-refractivity contribution in [3.8, 4) is 0 Å². The lowest BCUT2D eigenvalue weighted by molar-refractivity contribution is 0.205. The van der Waals surface area contributed by atoms with Gasteiger partial charge in [-0.15, -0.1) is 0 Å². The molecule has 0 aliphatic carbocycles. The van der Waals surface area contributed by atoms with E-state index >= 15 is 0 Å². The number of hydrogen-bond acceptors (Lipinski definition) is 1. The molecular formula is C25H51O. The molecule has 0 unspecified atom stereocenters. The second kappa shape index (κ2) is 25.0. The molecule has 1 heteroatoms. The minimum atomic E-state index is 0.819. The minimum Gasteiger partial charge on any atom is -0.376 e. The molecule has 0 heterocycles. The average molecular weight is 368 g/mol. The standard InChI is InChI=1S/C25H51O/c1-3-5-6-7-8-9-10-11-12-13-14-15-16-17-18-19-20-21-22-23-24-25-26-4-2/h25H,3-24H2,1-2H3. The Labute approximate surface area is 167 Å². The molecule has 1 radical (unpaired) electrons. The van der Waals surface area contributed by atoms with Crippen molar-refractivity contribution in [2.45, 2.75) is 149 Å². The Bertz CT molecular complexity index is 202. The van der Waals surface area contributed by atoms with Crippen molar-refractivity contribution in [1.29, 1.82) is 0 Å². The van der Waals surface area contributed by atoms with E-state index in [4.69, 9.17) is 4.74 Å². The van der Waals surface area contributed by atoms with Crippen LogP contribution in [0.4, 0.5) is 0 Å². The molecule has 0 saturated carbocycles. The smallest absolute Gasteiger partial charge is 0.0836 e. The highest BCUT2D eigenvalue weighted by molar-refractivity contribution is 4.53. The van der Waals surface area contributed by atoms with Gasteiger partial charge in [0.25, 0.3) is 0 Å². The number of rotatable bonds is 23. The van der Waals surface area contributed by atoms with Gasteiger partial charge in [-0.1, -0.05) is 135 Å².